The SMILES string of the molecule is O=C(c1ccco1)N1CCC2(CC1)CCN(CC1CC1)C2=O. The van der Waals surface area contributed by atoms with Gasteiger partial charge in [-0.2, -0.15) is 0 Å². The van der Waals surface area contributed by atoms with Crippen LogP contribution in [0.3, 0.4) is 0 Å². The number of piperidine rings is 1. The number of likely N-dealkylation sites (tertiary alicyclic amines) is 2. The van der Waals surface area contributed by atoms with Crippen LogP contribution < -0.4 is 0 Å². The average Bonchev–Trinajstić information content (AvgIpc) is 3.09. The lowest BCUT2D eigenvalue weighted by molar-refractivity contribution is -0.138. The predicted molar refractivity (Wildman–Crippen MR) is 80.2 cm³/mol. The van der Waals surface area contributed by atoms with Crippen molar-refractivity contribution in [2.75, 3.05) is 26.2 Å². The minimum atomic E-state index is -0.200. The summed E-state index contributed by atoms with van der Waals surface area (Å²) in [6.45, 7) is 3.17. The van der Waals surface area contributed by atoms with Gasteiger partial charge in [-0.3, -0.25) is 9.59 Å². The highest BCUT2D eigenvalue weighted by atomic mass is 16.3. The summed E-state index contributed by atoms with van der Waals surface area (Å²) in [6, 6.07) is 3.43. The third kappa shape index (κ3) is 2.32. The summed E-state index contributed by atoms with van der Waals surface area (Å²) in [5.74, 6) is 1.42. The van der Waals surface area contributed by atoms with E-state index in [4.69, 9.17) is 4.42 Å². The number of carbonyl (C=O) groups excluding carboxylic acids is 2. The lowest BCUT2D eigenvalue weighted by Gasteiger charge is -2.37. The van der Waals surface area contributed by atoms with Crippen molar-refractivity contribution in [3.8, 4) is 0 Å². The molecule has 1 spiro atoms. The van der Waals surface area contributed by atoms with E-state index in [0.717, 1.165) is 38.3 Å². The highest BCUT2D eigenvalue weighted by Crippen LogP contribution is 2.43. The zero-order chi connectivity index (χ0) is 15.2. The van der Waals surface area contributed by atoms with E-state index in [1.165, 1.54) is 19.1 Å². The predicted octanol–water partition coefficient (Wildman–Crippen LogP) is 2.14. The van der Waals surface area contributed by atoms with Gasteiger partial charge in [0.05, 0.1) is 11.7 Å². The summed E-state index contributed by atoms with van der Waals surface area (Å²) in [5.41, 5.74) is -0.200. The van der Waals surface area contributed by atoms with Crippen molar-refractivity contribution in [2.24, 2.45) is 11.3 Å². The molecule has 1 saturated carbocycles. The lowest BCUT2D eigenvalue weighted by Crippen LogP contribution is -2.46. The fourth-order valence-corrected chi connectivity index (χ4v) is 3.84. The molecule has 2 saturated heterocycles. The van der Waals surface area contributed by atoms with Crippen LogP contribution in [0.5, 0.6) is 0 Å². The van der Waals surface area contributed by atoms with E-state index in [9.17, 15) is 9.59 Å². The molecule has 2 aliphatic heterocycles. The molecule has 22 heavy (non-hydrogen) atoms. The van der Waals surface area contributed by atoms with Crippen molar-refractivity contribution in [1.82, 2.24) is 9.80 Å². The third-order valence-electron chi connectivity index (χ3n) is 5.52. The molecule has 1 aromatic heterocycles. The molecule has 5 nitrogen and oxygen atoms in total. The fraction of sp³-hybridized carbons (Fsp3) is 0.647. The average molecular weight is 302 g/mol. The van der Waals surface area contributed by atoms with E-state index in [1.807, 2.05) is 4.90 Å². The Morgan fingerprint density at radius 2 is 1.95 bits per heavy atom. The topological polar surface area (TPSA) is 53.8 Å². The van der Waals surface area contributed by atoms with Gasteiger partial charge < -0.3 is 14.2 Å². The summed E-state index contributed by atoms with van der Waals surface area (Å²) < 4.78 is 5.19. The van der Waals surface area contributed by atoms with E-state index in [1.54, 1.807) is 12.1 Å². The van der Waals surface area contributed by atoms with Crippen molar-refractivity contribution in [3.05, 3.63) is 24.2 Å². The van der Waals surface area contributed by atoms with Crippen molar-refractivity contribution < 1.29 is 14.0 Å². The van der Waals surface area contributed by atoms with E-state index < -0.39 is 0 Å². The molecule has 5 heteroatoms. The van der Waals surface area contributed by atoms with Gasteiger partial charge >= 0.3 is 0 Å². The molecule has 3 aliphatic rings. The fourth-order valence-electron chi connectivity index (χ4n) is 3.84. The first-order valence-corrected chi connectivity index (χ1v) is 8.30. The van der Waals surface area contributed by atoms with Crippen LogP contribution in [-0.2, 0) is 4.79 Å². The van der Waals surface area contributed by atoms with Crippen LogP contribution >= 0.6 is 0 Å². The van der Waals surface area contributed by atoms with E-state index in [2.05, 4.69) is 4.90 Å². The Bertz CT molecular complexity index is 569. The molecule has 1 aliphatic carbocycles. The Labute approximate surface area is 130 Å². The lowest BCUT2D eigenvalue weighted by atomic mass is 9.77. The van der Waals surface area contributed by atoms with Gasteiger partial charge in [0, 0.05) is 26.2 Å². The smallest absolute Gasteiger partial charge is 0.289 e. The number of amides is 2. The number of rotatable bonds is 3. The van der Waals surface area contributed by atoms with Crippen molar-refractivity contribution in [3.63, 3.8) is 0 Å². The number of nitrogens with zero attached hydrogens (tertiary/aromatic N) is 2. The summed E-state index contributed by atoms with van der Waals surface area (Å²) in [5, 5.41) is 0. The first-order valence-electron chi connectivity index (χ1n) is 8.30. The van der Waals surface area contributed by atoms with Gasteiger partial charge in [-0.1, -0.05) is 0 Å². The van der Waals surface area contributed by atoms with Gasteiger partial charge in [0.15, 0.2) is 5.76 Å². The molecule has 1 aromatic rings. The first-order chi connectivity index (χ1) is 10.7. The summed E-state index contributed by atoms with van der Waals surface area (Å²) >= 11 is 0. The highest BCUT2D eigenvalue weighted by Gasteiger charge is 2.49. The molecule has 2 amide bonds. The van der Waals surface area contributed by atoms with Crippen LogP contribution in [0.15, 0.2) is 22.8 Å². The second kappa shape index (κ2) is 5.14. The van der Waals surface area contributed by atoms with Crippen LogP contribution in [0.2, 0.25) is 0 Å². The minimum Gasteiger partial charge on any atom is -0.459 e. The first kappa shape index (κ1) is 13.9. The normalized spacial score (nSPS) is 24.3. The maximum Gasteiger partial charge on any atom is 0.289 e. The summed E-state index contributed by atoms with van der Waals surface area (Å²) in [7, 11) is 0. The van der Waals surface area contributed by atoms with Crippen LogP contribution in [-0.4, -0.2) is 47.8 Å². The molecule has 0 aromatic carbocycles. The molecule has 0 bridgehead atoms. The number of hydrogen-bond acceptors (Lipinski definition) is 3. The Morgan fingerprint density at radius 3 is 2.59 bits per heavy atom. The maximum absolute atomic E-state index is 12.8. The highest BCUT2D eigenvalue weighted by molar-refractivity contribution is 5.92. The standard InChI is InChI=1S/C17H22N2O3/c20-15(14-2-1-11-22-14)18-8-5-17(6-9-18)7-10-19(16(17)21)12-13-3-4-13/h1-2,11,13H,3-10,12H2. The number of hydrogen-bond donors (Lipinski definition) is 0. The largest absolute Gasteiger partial charge is 0.459 e. The van der Waals surface area contributed by atoms with Gasteiger partial charge in [-0.25, -0.2) is 0 Å². The summed E-state index contributed by atoms with van der Waals surface area (Å²) in [4.78, 5) is 28.9. The molecule has 0 N–H and O–H groups in total. The van der Waals surface area contributed by atoms with Crippen molar-refractivity contribution >= 4 is 11.8 Å². The van der Waals surface area contributed by atoms with Gasteiger partial charge in [0.1, 0.15) is 0 Å². The molecule has 0 atom stereocenters. The quantitative estimate of drug-likeness (QED) is 0.859. The molecular formula is C17H22N2O3. The van der Waals surface area contributed by atoms with Crippen LogP contribution in [0.1, 0.15) is 42.7 Å². The minimum absolute atomic E-state index is 0.0554. The summed E-state index contributed by atoms with van der Waals surface area (Å²) in [6.07, 6.45) is 6.62. The van der Waals surface area contributed by atoms with Crippen LogP contribution in [0.4, 0.5) is 0 Å². The van der Waals surface area contributed by atoms with Gasteiger partial charge in [0.25, 0.3) is 5.91 Å². The Hall–Kier alpha value is -1.78. The maximum atomic E-state index is 12.8. The van der Waals surface area contributed by atoms with Crippen molar-refractivity contribution in [2.45, 2.75) is 32.1 Å². The monoisotopic (exact) mass is 302 g/mol. The Morgan fingerprint density at radius 1 is 1.23 bits per heavy atom. The molecule has 118 valence electrons. The van der Waals surface area contributed by atoms with E-state index in [0.29, 0.717) is 24.8 Å². The Balaban J connectivity index is 1.39. The van der Waals surface area contributed by atoms with Gasteiger partial charge in [0.2, 0.25) is 5.91 Å². The van der Waals surface area contributed by atoms with Gasteiger partial charge in [-0.05, 0) is 50.2 Å². The van der Waals surface area contributed by atoms with Crippen molar-refractivity contribution in [1.29, 1.82) is 0 Å². The second-order valence-corrected chi connectivity index (χ2v) is 6.99. The molecule has 0 unspecified atom stereocenters. The second-order valence-electron chi connectivity index (χ2n) is 6.99. The zero-order valence-corrected chi connectivity index (χ0v) is 12.8. The Kier molecular flexibility index (Phi) is 3.24. The molecule has 3 fully saturated rings. The third-order valence-corrected chi connectivity index (χ3v) is 5.52. The van der Waals surface area contributed by atoms with Gasteiger partial charge in [-0.15, -0.1) is 0 Å². The number of carbonyl (C=O) groups is 2. The van der Waals surface area contributed by atoms with Crippen LogP contribution in [0, 0.1) is 11.3 Å². The van der Waals surface area contributed by atoms with Crippen LogP contribution in [0.25, 0.3) is 0 Å². The molecule has 4 rings (SSSR count). The number of furan rings is 1. The molecule has 3 heterocycles. The zero-order valence-electron chi connectivity index (χ0n) is 12.8. The van der Waals surface area contributed by atoms with E-state index in [-0.39, 0.29) is 11.3 Å². The van der Waals surface area contributed by atoms with E-state index >= 15 is 0 Å². The molecule has 0 radical (unpaired) electrons. The molecular weight excluding hydrogens is 280 g/mol.